The molecule has 2 fully saturated rings. The van der Waals surface area contributed by atoms with Crippen molar-refractivity contribution in [2.45, 2.75) is 141 Å². The molecule has 1 N–H and O–H groups in total. The summed E-state index contributed by atoms with van der Waals surface area (Å²) < 4.78 is 82.9. The van der Waals surface area contributed by atoms with Crippen LogP contribution in [0.5, 0.6) is 0 Å². The van der Waals surface area contributed by atoms with Gasteiger partial charge in [0.05, 0.1) is 39.5 Å². The van der Waals surface area contributed by atoms with E-state index in [4.69, 9.17) is 18.9 Å². The predicted molar refractivity (Wildman–Crippen MR) is 207 cm³/mol. The number of hydrogen-bond donors (Lipinski definition) is 1. The lowest BCUT2D eigenvalue weighted by Crippen LogP contribution is -2.39. The molecular weight excluding hydrogens is 800 g/mol. The fourth-order valence-corrected chi connectivity index (χ4v) is 5.43. The standard InChI is InChI=1S/C17H29F2NO5.C9H15F2NO3.C8H15BrO2.2C2H4/c1-4-24-13(2)25-12-14-11-17(18,19)16(22)20(14)10-8-6-5-7-9-15(21)23-3;1-3-14-6(2)15-5-7-4-9(10,11)8(13)12-7;1-11-8(10)6-4-2-3-5-7-9;2*1-2/h13-14H,4-12H2,1-3H3;6-7H,3-5H2,1-2H3,(H,12,13);2-7H2,1H3;2*1-2H2/t13?,14-;6?,7-;;;/m11.../s1. The van der Waals surface area contributed by atoms with Gasteiger partial charge in [0.25, 0.3) is 11.8 Å². The SMILES string of the molecule is C=C.C=C.CCOC(C)OC[C@H]1CC(F)(F)C(=O)N1.CCOC(C)OC[C@H]1CC(F)(F)C(=O)N1CCCCCCC(=O)OC.COC(=O)CCCCCCBr. The smallest absolute Gasteiger partial charge is 0.326 e. The van der Waals surface area contributed by atoms with Gasteiger partial charge < -0.3 is 38.6 Å². The lowest BCUT2D eigenvalue weighted by atomic mass is 10.1. The molecule has 0 aromatic rings. The molecule has 17 heteroatoms. The number of ether oxygens (including phenoxy) is 6. The Morgan fingerprint density at radius 3 is 1.62 bits per heavy atom. The highest BCUT2D eigenvalue weighted by Gasteiger charge is 2.53. The number of amides is 2. The first-order valence-corrected chi connectivity index (χ1v) is 19.7. The first-order chi connectivity index (χ1) is 26.1. The topological polar surface area (TPSA) is 139 Å². The van der Waals surface area contributed by atoms with E-state index < -0.39 is 61.2 Å². The van der Waals surface area contributed by atoms with E-state index in [1.165, 1.54) is 32.0 Å². The fraction of sp³-hybridized carbons (Fsp3) is 0.789. The largest absolute Gasteiger partial charge is 0.469 e. The minimum atomic E-state index is -3.33. The quantitative estimate of drug-likeness (QED) is 0.0271. The van der Waals surface area contributed by atoms with E-state index in [0.29, 0.717) is 38.9 Å². The molecule has 2 amide bonds. The molecular formula is C38H67BrF4N2O10. The first kappa shape index (κ1) is 56.7. The van der Waals surface area contributed by atoms with Gasteiger partial charge in [-0.25, -0.2) is 0 Å². The van der Waals surface area contributed by atoms with Gasteiger partial charge in [-0.05, 0) is 53.4 Å². The van der Waals surface area contributed by atoms with E-state index in [2.05, 4.69) is 57.0 Å². The number of nitrogens with zero attached hydrogens (tertiary/aromatic N) is 1. The maximum absolute atomic E-state index is 13.7. The van der Waals surface area contributed by atoms with Gasteiger partial charge in [-0.1, -0.05) is 41.6 Å². The third-order valence-corrected chi connectivity index (χ3v) is 8.35. The fourth-order valence-electron chi connectivity index (χ4n) is 5.04. The molecule has 55 heavy (non-hydrogen) atoms. The van der Waals surface area contributed by atoms with Crippen molar-refractivity contribution in [3.63, 3.8) is 0 Å². The van der Waals surface area contributed by atoms with Gasteiger partial charge in [0, 0.05) is 50.8 Å². The van der Waals surface area contributed by atoms with Crippen molar-refractivity contribution in [3.8, 4) is 0 Å². The van der Waals surface area contributed by atoms with Crippen molar-refractivity contribution in [2.75, 3.05) is 52.5 Å². The van der Waals surface area contributed by atoms with Crippen LogP contribution >= 0.6 is 15.9 Å². The zero-order valence-electron chi connectivity index (χ0n) is 33.8. The average molecular weight is 868 g/mol. The van der Waals surface area contributed by atoms with E-state index in [-0.39, 0.29) is 31.7 Å². The normalized spacial score (nSPS) is 18.7. The van der Waals surface area contributed by atoms with Crippen LogP contribution in [0.4, 0.5) is 17.6 Å². The molecule has 0 aliphatic carbocycles. The molecule has 2 unspecified atom stereocenters. The van der Waals surface area contributed by atoms with Crippen LogP contribution in [0, 0.1) is 0 Å². The highest BCUT2D eigenvalue weighted by Crippen LogP contribution is 2.34. The third-order valence-electron chi connectivity index (χ3n) is 7.78. The van der Waals surface area contributed by atoms with Crippen molar-refractivity contribution in [1.29, 1.82) is 0 Å². The molecule has 324 valence electrons. The van der Waals surface area contributed by atoms with Crippen molar-refractivity contribution in [2.24, 2.45) is 0 Å². The Morgan fingerprint density at radius 2 is 1.20 bits per heavy atom. The Hall–Kier alpha value is -2.60. The highest BCUT2D eigenvalue weighted by atomic mass is 79.9. The molecule has 2 aliphatic rings. The van der Waals surface area contributed by atoms with Crippen LogP contribution in [0.1, 0.15) is 105 Å². The summed E-state index contributed by atoms with van der Waals surface area (Å²) in [5, 5.41) is 3.23. The molecule has 0 aromatic carbocycles. The molecule has 0 aromatic heterocycles. The molecule has 0 radical (unpaired) electrons. The monoisotopic (exact) mass is 866 g/mol. The van der Waals surface area contributed by atoms with E-state index in [9.17, 15) is 36.7 Å². The summed E-state index contributed by atoms with van der Waals surface area (Å²) in [6, 6.07) is -1.27. The summed E-state index contributed by atoms with van der Waals surface area (Å²) in [6.45, 7) is 20.3. The van der Waals surface area contributed by atoms with Gasteiger partial charge in [0.2, 0.25) is 0 Å². The Kier molecular flexibility index (Phi) is 35.7. The number of hydrogen-bond acceptors (Lipinski definition) is 10. The maximum Gasteiger partial charge on any atom is 0.326 e. The lowest BCUT2D eigenvalue weighted by molar-refractivity contribution is -0.150. The van der Waals surface area contributed by atoms with Crippen molar-refractivity contribution in [3.05, 3.63) is 26.3 Å². The van der Waals surface area contributed by atoms with Crippen LogP contribution in [0.2, 0.25) is 0 Å². The summed E-state index contributed by atoms with van der Waals surface area (Å²) >= 11 is 3.35. The number of alkyl halides is 5. The molecule has 4 atom stereocenters. The molecule has 0 saturated carbocycles. The van der Waals surface area contributed by atoms with Crippen LogP contribution in [-0.4, -0.2) is 118 Å². The predicted octanol–water partition coefficient (Wildman–Crippen LogP) is 7.76. The van der Waals surface area contributed by atoms with E-state index in [1.807, 2.05) is 13.8 Å². The zero-order valence-corrected chi connectivity index (χ0v) is 35.4. The van der Waals surface area contributed by atoms with Gasteiger partial charge in [-0.15, -0.1) is 26.3 Å². The van der Waals surface area contributed by atoms with Crippen LogP contribution in [0.3, 0.4) is 0 Å². The minimum Gasteiger partial charge on any atom is -0.469 e. The second-order valence-corrected chi connectivity index (χ2v) is 12.8. The van der Waals surface area contributed by atoms with Gasteiger partial charge >= 0.3 is 23.8 Å². The second kappa shape index (κ2) is 34.6. The molecule has 0 bridgehead atoms. The van der Waals surface area contributed by atoms with Crippen LogP contribution < -0.4 is 5.32 Å². The third kappa shape index (κ3) is 27.6. The van der Waals surface area contributed by atoms with Crippen LogP contribution in [-0.2, 0) is 47.6 Å². The Morgan fingerprint density at radius 1 is 0.745 bits per heavy atom. The number of halogens is 5. The van der Waals surface area contributed by atoms with E-state index in [1.54, 1.807) is 13.8 Å². The summed E-state index contributed by atoms with van der Waals surface area (Å²) in [4.78, 5) is 45.4. The molecule has 2 saturated heterocycles. The second-order valence-electron chi connectivity index (χ2n) is 12.0. The number of carbonyl (C=O) groups is 4. The number of methoxy groups -OCH3 is 2. The molecule has 2 rings (SSSR count). The summed E-state index contributed by atoms with van der Waals surface area (Å²) in [7, 11) is 2.77. The number of likely N-dealkylation sites (tertiary alicyclic amines) is 1. The Bertz CT molecular complexity index is 1030. The van der Waals surface area contributed by atoms with Gasteiger partial charge in [0.1, 0.15) is 0 Å². The molecule has 12 nitrogen and oxygen atoms in total. The minimum absolute atomic E-state index is 0.0326. The summed E-state index contributed by atoms with van der Waals surface area (Å²) in [6.07, 6.45) is 6.28. The molecule has 2 heterocycles. The number of unbranched alkanes of at least 4 members (excludes halogenated alkanes) is 6. The lowest BCUT2D eigenvalue weighted by Gasteiger charge is -2.25. The van der Waals surface area contributed by atoms with E-state index in [0.717, 1.165) is 31.0 Å². The number of esters is 2. The highest BCUT2D eigenvalue weighted by molar-refractivity contribution is 9.09. The molecule has 2 aliphatic heterocycles. The van der Waals surface area contributed by atoms with Crippen molar-refractivity contribution in [1.82, 2.24) is 10.2 Å². The maximum atomic E-state index is 13.7. The zero-order chi connectivity index (χ0) is 42.9. The van der Waals surface area contributed by atoms with E-state index >= 15 is 0 Å². The van der Waals surface area contributed by atoms with Gasteiger partial charge in [-0.2, -0.15) is 17.6 Å². The van der Waals surface area contributed by atoms with Crippen molar-refractivity contribution >= 4 is 39.7 Å². The number of carbonyl (C=O) groups excluding carboxylic acids is 4. The average Bonchev–Trinajstić information content (AvgIpc) is 3.56. The Balaban J connectivity index is -0.000000766. The van der Waals surface area contributed by atoms with Crippen LogP contribution in [0.25, 0.3) is 0 Å². The Labute approximate surface area is 334 Å². The number of nitrogens with one attached hydrogen (secondary N) is 1. The summed E-state index contributed by atoms with van der Waals surface area (Å²) in [5.41, 5.74) is 0. The van der Waals surface area contributed by atoms with Gasteiger partial charge in [0.15, 0.2) is 12.6 Å². The molecule has 0 spiro atoms. The van der Waals surface area contributed by atoms with Crippen LogP contribution in [0.15, 0.2) is 26.3 Å². The number of rotatable bonds is 23. The first-order valence-electron chi connectivity index (χ1n) is 18.6. The van der Waals surface area contributed by atoms with Gasteiger partial charge in [-0.3, -0.25) is 19.2 Å². The summed E-state index contributed by atoms with van der Waals surface area (Å²) in [5.74, 6) is -9.28. The van der Waals surface area contributed by atoms with Crippen molar-refractivity contribution < 1.29 is 65.2 Å².